The topological polar surface area (TPSA) is 17.4 Å². The maximum atomic E-state index is 4.64. The van der Waals surface area contributed by atoms with Crippen LogP contribution in [0.4, 0.5) is 22.7 Å². The molecule has 0 radical (unpaired) electrons. The van der Waals surface area contributed by atoms with Gasteiger partial charge in [-0.15, -0.1) is 0 Å². The molecule has 0 fully saturated rings. The van der Waals surface area contributed by atoms with Crippen molar-refractivity contribution < 1.29 is 0 Å². The monoisotopic (exact) mass is 432 g/mol. The van der Waals surface area contributed by atoms with Crippen molar-refractivity contribution in [2.24, 2.45) is 0 Å². The van der Waals surface area contributed by atoms with Gasteiger partial charge in [0.15, 0.2) is 0 Å². The first-order valence-electron chi connectivity index (χ1n) is 11.0. The van der Waals surface area contributed by atoms with Crippen LogP contribution >= 0.6 is 0 Å². The average molecular weight is 432 g/mol. The van der Waals surface area contributed by atoms with Crippen LogP contribution < -0.4 is 10.9 Å². The number of rotatable bonds is 2. The van der Waals surface area contributed by atoms with Crippen LogP contribution in [0.2, 0.25) is 0 Å². The molecule has 0 bridgehead atoms. The largest absolute Gasteiger partial charge is 0.545 e. The van der Waals surface area contributed by atoms with E-state index in [-0.39, 0.29) is 13.4 Å². The number of hydrogen-bond acceptors (Lipinski definition) is 0. The lowest BCUT2D eigenvalue weighted by Crippen LogP contribution is -2.26. The number of benzene rings is 4. The molecule has 0 aromatic heterocycles. The molecule has 1 aliphatic rings. The number of nitrogens with zero attached hydrogens (tertiary/aromatic N) is 4. The normalized spacial score (nSPS) is 11.4. The average Bonchev–Trinajstić information content (AvgIpc) is 2.90. The van der Waals surface area contributed by atoms with E-state index in [0.717, 1.165) is 10.9 Å². The molecule has 1 aliphatic heterocycles. The second-order valence-electron chi connectivity index (χ2n) is 7.63. The van der Waals surface area contributed by atoms with E-state index in [1.807, 2.05) is 109 Å². The molecule has 6 heteroatoms. The molecular weight excluding hydrogens is 414 g/mol. The van der Waals surface area contributed by atoms with Crippen molar-refractivity contribution in [1.82, 2.24) is 0 Å². The van der Waals surface area contributed by atoms with E-state index in [4.69, 9.17) is 0 Å². The van der Waals surface area contributed by atoms with E-state index < -0.39 is 0 Å². The number of para-hydroxylation sites is 4. The van der Waals surface area contributed by atoms with Crippen LogP contribution in [0.3, 0.4) is 0 Å². The van der Waals surface area contributed by atoms with Crippen LogP contribution in [0.25, 0.3) is 19.4 Å². The highest BCUT2D eigenvalue weighted by Crippen LogP contribution is 2.29. The van der Waals surface area contributed by atoms with E-state index in [0.29, 0.717) is 22.7 Å². The van der Waals surface area contributed by atoms with E-state index in [2.05, 4.69) is 43.3 Å². The Morgan fingerprint density at radius 1 is 0.353 bits per heavy atom. The summed E-state index contributed by atoms with van der Waals surface area (Å²) in [5.41, 5.74) is 4.76. The standard InChI is InChI=1S/C28H18B2N4/c1-3-11-23(12-4-1)29-19-31-25-15-7-9-17-27(25)33-21-30(24-13-5-2-6-14-24)22-34-28-18-10-8-16-26(28)32-20-29/h1-18H/q+4. The van der Waals surface area contributed by atoms with Gasteiger partial charge in [0.05, 0.1) is 0 Å². The van der Waals surface area contributed by atoms with Gasteiger partial charge < -0.3 is 0 Å². The summed E-state index contributed by atoms with van der Waals surface area (Å²) in [6, 6.07) is 35.3. The predicted octanol–water partition coefficient (Wildman–Crippen LogP) is 6.22. The Morgan fingerprint density at radius 2 is 0.618 bits per heavy atom. The third-order valence-electron chi connectivity index (χ3n) is 5.29. The van der Waals surface area contributed by atoms with Crippen LogP contribution in [0.1, 0.15) is 0 Å². The molecule has 0 unspecified atom stereocenters. The third kappa shape index (κ3) is 4.89. The molecule has 0 saturated carbocycles. The lowest BCUT2D eigenvalue weighted by molar-refractivity contribution is 1.72. The van der Waals surface area contributed by atoms with Gasteiger partial charge in [0.2, 0.25) is 23.9 Å². The van der Waals surface area contributed by atoms with Gasteiger partial charge in [-0.25, -0.2) is 0 Å². The first-order valence-corrected chi connectivity index (χ1v) is 11.0. The minimum Gasteiger partial charge on any atom is -0.0651 e. The molecule has 0 aliphatic carbocycles. The molecule has 0 saturated heterocycles. The number of hydrogen-bond donors (Lipinski definition) is 0. The fraction of sp³-hybridized carbons (Fsp3) is 0. The summed E-state index contributed by atoms with van der Waals surface area (Å²) in [5, 5.41) is 0. The van der Waals surface area contributed by atoms with Gasteiger partial charge in [0, 0.05) is 24.3 Å². The van der Waals surface area contributed by atoms with Crippen LogP contribution in [0.5, 0.6) is 0 Å². The van der Waals surface area contributed by atoms with Crippen molar-refractivity contribution in [3.05, 3.63) is 129 Å². The summed E-state index contributed by atoms with van der Waals surface area (Å²) in [7, 11) is 0. The van der Waals surface area contributed by atoms with E-state index >= 15 is 0 Å². The highest BCUT2D eigenvalue weighted by molar-refractivity contribution is 6.87. The molecule has 0 N–H and O–H groups in total. The zero-order chi connectivity index (χ0) is 23.0. The van der Waals surface area contributed by atoms with Crippen molar-refractivity contribution in [1.29, 1.82) is 0 Å². The van der Waals surface area contributed by atoms with Gasteiger partial charge >= 0.3 is 36.2 Å². The second-order valence-corrected chi connectivity index (χ2v) is 7.63. The SMILES string of the molecule is C1#[N+]c2ccccc2[N+]#CB(c2ccccc2)C#[N+]c2ccccc2[N+]#CB1c1ccccc1. The molecule has 4 aromatic rings. The lowest BCUT2D eigenvalue weighted by Gasteiger charge is -1.89. The minimum absolute atomic E-state index is 0.358. The first-order chi connectivity index (χ1) is 16.9. The summed E-state index contributed by atoms with van der Waals surface area (Å²) >= 11 is 0. The summed E-state index contributed by atoms with van der Waals surface area (Å²) in [6.45, 7) is -0.716. The second kappa shape index (κ2) is 10.1. The minimum atomic E-state index is -0.358. The van der Waals surface area contributed by atoms with Crippen LogP contribution in [0, 0.1) is 23.9 Å². The van der Waals surface area contributed by atoms with E-state index in [1.54, 1.807) is 0 Å². The van der Waals surface area contributed by atoms with Crippen LogP contribution in [-0.2, 0) is 0 Å². The first kappa shape index (κ1) is 20.8. The fourth-order valence-electron chi connectivity index (χ4n) is 3.49. The zero-order valence-corrected chi connectivity index (χ0v) is 18.3. The van der Waals surface area contributed by atoms with Gasteiger partial charge in [-0.05, 0) is 30.3 Å². The molecule has 4 aromatic carbocycles. The van der Waals surface area contributed by atoms with Crippen molar-refractivity contribution >= 4 is 47.1 Å². The maximum absolute atomic E-state index is 4.64. The van der Waals surface area contributed by atoms with Crippen LogP contribution in [-0.4, -0.2) is 13.4 Å². The summed E-state index contributed by atoms with van der Waals surface area (Å²) in [6.07, 6.45) is 0. The highest BCUT2D eigenvalue weighted by Gasteiger charge is 2.33. The Balaban J connectivity index is 1.70. The molecule has 5 rings (SSSR count). The molecular formula is C28H18B2N4+4. The van der Waals surface area contributed by atoms with Gasteiger partial charge in [-0.3, -0.25) is 0 Å². The summed E-state index contributed by atoms with van der Waals surface area (Å²) in [5.74, 6) is 12.8. The van der Waals surface area contributed by atoms with E-state index in [1.165, 1.54) is 0 Å². The van der Waals surface area contributed by atoms with Crippen molar-refractivity contribution in [3.63, 3.8) is 0 Å². The predicted molar refractivity (Wildman–Crippen MR) is 144 cm³/mol. The summed E-state index contributed by atoms with van der Waals surface area (Å²) < 4.78 is 0. The zero-order valence-electron chi connectivity index (χ0n) is 18.3. The van der Waals surface area contributed by atoms with Crippen LogP contribution in [0.15, 0.2) is 109 Å². The quantitative estimate of drug-likeness (QED) is 0.335. The van der Waals surface area contributed by atoms with Crippen molar-refractivity contribution in [2.75, 3.05) is 0 Å². The molecule has 4 nitrogen and oxygen atoms in total. The smallest absolute Gasteiger partial charge is 0.0651 e. The van der Waals surface area contributed by atoms with Gasteiger partial charge in [0.1, 0.15) is 0 Å². The molecule has 0 spiro atoms. The molecule has 1 heterocycles. The fourth-order valence-corrected chi connectivity index (χ4v) is 3.49. The van der Waals surface area contributed by atoms with Crippen molar-refractivity contribution in [2.45, 2.75) is 0 Å². The number of fused-ring (bicyclic) bond motifs is 2. The highest BCUT2D eigenvalue weighted by atomic mass is 14.8. The van der Waals surface area contributed by atoms with Gasteiger partial charge in [-0.2, -0.15) is 0 Å². The molecule has 0 atom stereocenters. The lowest BCUT2D eigenvalue weighted by atomic mass is 9.48. The van der Waals surface area contributed by atoms with E-state index in [9.17, 15) is 0 Å². The molecule has 0 amide bonds. The Bertz CT molecular complexity index is 1380. The Morgan fingerprint density at radius 3 is 0.912 bits per heavy atom. The summed E-state index contributed by atoms with van der Waals surface area (Å²) in [4.78, 5) is 18.5. The molecule has 34 heavy (non-hydrogen) atoms. The third-order valence-corrected chi connectivity index (χ3v) is 5.29. The maximum Gasteiger partial charge on any atom is 0.545 e. The van der Waals surface area contributed by atoms with Crippen molar-refractivity contribution in [3.8, 4) is 23.9 Å². The Kier molecular flexibility index (Phi) is 6.17. The van der Waals surface area contributed by atoms with Gasteiger partial charge in [-0.1, -0.05) is 84.9 Å². The van der Waals surface area contributed by atoms with Gasteiger partial charge in [0.25, 0.3) is 0 Å². The Hall–Kier alpha value is -5.03. The molecule has 152 valence electrons. The Labute approximate surface area is 199 Å².